The molecule has 1 aromatic rings. The van der Waals surface area contributed by atoms with E-state index >= 15 is 0 Å². The number of carbonyl (C=O) groups is 2. The van der Waals surface area contributed by atoms with Gasteiger partial charge in [0.05, 0.1) is 23.7 Å². The van der Waals surface area contributed by atoms with Crippen LogP contribution < -0.4 is 0 Å². The van der Waals surface area contributed by atoms with Gasteiger partial charge < -0.3 is 14.5 Å². The number of ether oxygens (including phenoxy) is 1. The number of hydrogen-bond acceptors (Lipinski definition) is 4. The normalized spacial score (nSPS) is 18.8. The molecule has 2 heterocycles. The van der Waals surface area contributed by atoms with Crippen molar-refractivity contribution in [3.63, 3.8) is 0 Å². The number of hydrogen-bond donors (Lipinski definition) is 0. The molecule has 0 radical (unpaired) electrons. The molecule has 0 spiro atoms. The smallest absolute Gasteiger partial charge is 0.255 e. The fraction of sp³-hybridized carbons (Fsp3) is 0.462. The first-order valence-corrected chi connectivity index (χ1v) is 6.59. The molecule has 0 aliphatic carbocycles. The summed E-state index contributed by atoms with van der Waals surface area (Å²) in [6.07, 6.45) is 2.32. The summed E-state index contributed by atoms with van der Waals surface area (Å²) in [5, 5.41) is 0.407. The van der Waals surface area contributed by atoms with Gasteiger partial charge >= 0.3 is 0 Å². The highest BCUT2D eigenvalue weighted by atomic mass is 35.5. The summed E-state index contributed by atoms with van der Waals surface area (Å²) in [6.45, 7) is 1.02. The Balaban J connectivity index is 2.09. The Morgan fingerprint density at radius 2 is 2.20 bits per heavy atom. The van der Waals surface area contributed by atoms with Crippen LogP contribution in [0.3, 0.4) is 0 Å². The zero-order valence-corrected chi connectivity index (χ0v) is 12.1. The van der Waals surface area contributed by atoms with Crippen LogP contribution >= 0.6 is 11.6 Å². The average molecular weight is 298 g/mol. The van der Waals surface area contributed by atoms with Crippen molar-refractivity contribution in [1.29, 1.82) is 0 Å². The van der Waals surface area contributed by atoms with E-state index in [0.717, 1.165) is 0 Å². The van der Waals surface area contributed by atoms with E-state index < -0.39 is 6.10 Å². The molecule has 1 fully saturated rings. The Bertz CT molecular complexity index is 521. The molecule has 0 bridgehead atoms. The van der Waals surface area contributed by atoms with Gasteiger partial charge in [0.25, 0.3) is 11.8 Å². The van der Waals surface area contributed by atoms with Gasteiger partial charge in [-0.2, -0.15) is 0 Å². The Morgan fingerprint density at radius 1 is 1.45 bits per heavy atom. The highest BCUT2D eigenvalue weighted by Crippen LogP contribution is 2.14. The van der Waals surface area contributed by atoms with Crippen LogP contribution in [0.5, 0.6) is 0 Å². The van der Waals surface area contributed by atoms with E-state index in [1.54, 1.807) is 25.1 Å². The van der Waals surface area contributed by atoms with E-state index in [0.29, 0.717) is 23.7 Å². The number of aromatic nitrogens is 1. The summed E-state index contributed by atoms with van der Waals surface area (Å²) in [4.78, 5) is 31.2. The van der Waals surface area contributed by atoms with Gasteiger partial charge in [-0.15, -0.1) is 0 Å². The molecular weight excluding hydrogens is 282 g/mol. The molecule has 0 N–H and O–H groups in total. The van der Waals surface area contributed by atoms with Gasteiger partial charge in [0, 0.05) is 33.0 Å². The molecule has 1 atom stereocenters. The number of likely N-dealkylation sites (N-methyl/N-ethyl adjacent to an activating group) is 1. The maximum atomic E-state index is 12.3. The molecule has 2 rings (SSSR count). The highest BCUT2D eigenvalue weighted by Gasteiger charge is 2.30. The SMILES string of the molecule is CN(C)C(=O)C1CN(C(=O)c2cncc(Cl)c2)CCO1. The minimum absolute atomic E-state index is 0.147. The number of nitrogens with zero attached hydrogens (tertiary/aromatic N) is 3. The molecule has 0 aromatic carbocycles. The molecule has 108 valence electrons. The van der Waals surface area contributed by atoms with Crippen molar-refractivity contribution in [2.75, 3.05) is 33.8 Å². The third kappa shape index (κ3) is 3.26. The number of halogens is 1. The third-order valence-electron chi connectivity index (χ3n) is 3.02. The zero-order chi connectivity index (χ0) is 14.7. The van der Waals surface area contributed by atoms with Crippen LogP contribution in [-0.2, 0) is 9.53 Å². The summed E-state index contributed by atoms with van der Waals surface area (Å²) in [6, 6.07) is 1.56. The predicted octanol–water partition coefficient (Wildman–Crippen LogP) is 0.664. The Hall–Kier alpha value is -1.66. The van der Waals surface area contributed by atoms with Crippen LogP contribution in [0, 0.1) is 0 Å². The lowest BCUT2D eigenvalue weighted by Gasteiger charge is -2.33. The number of rotatable bonds is 2. The monoisotopic (exact) mass is 297 g/mol. The molecule has 1 aliphatic rings. The minimum Gasteiger partial charge on any atom is -0.365 e. The number of morpholine rings is 1. The van der Waals surface area contributed by atoms with Gasteiger partial charge in [-0.1, -0.05) is 11.6 Å². The first-order chi connectivity index (χ1) is 9.49. The van der Waals surface area contributed by atoms with Gasteiger partial charge in [0.1, 0.15) is 0 Å². The standard InChI is InChI=1S/C13H16ClN3O3/c1-16(2)13(19)11-8-17(3-4-20-11)12(18)9-5-10(14)7-15-6-9/h5-7,11H,3-4,8H2,1-2H3. The topological polar surface area (TPSA) is 62.7 Å². The van der Waals surface area contributed by atoms with Gasteiger partial charge in [0.2, 0.25) is 0 Å². The molecule has 1 saturated heterocycles. The van der Waals surface area contributed by atoms with E-state index in [4.69, 9.17) is 16.3 Å². The van der Waals surface area contributed by atoms with Gasteiger partial charge in [-0.3, -0.25) is 14.6 Å². The molecule has 1 aliphatic heterocycles. The van der Waals surface area contributed by atoms with Crippen LogP contribution in [0.1, 0.15) is 10.4 Å². The largest absolute Gasteiger partial charge is 0.365 e. The lowest BCUT2D eigenvalue weighted by atomic mass is 10.2. The lowest BCUT2D eigenvalue weighted by molar-refractivity contribution is -0.145. The fourth-order valence-corrected chi connectivity index (χ4v) is 2.16. The van der Waals surface area contributed by atoms with Crippen molar-refractivity contribution in [1.82, 2.24) is 14.8 Å². The summed E-state index contributed by atoms with van der Waals surface area (Å²) < 4.78 is 5.41. The van der Waals surface area contributed by atoms with Crippen LogP contribution in [0.25, 0.3) is 0 Å². The molecule has 7 heteroatoms. The van der Waals surface area contributed by atoms with Crippen molar-refractivity contribution >= 4 is 23.4 Å². The van der Waals surface area contributed by atoms with Crippen LogP contribution in [0.15, 0.2) is 18.5 Å². The van der Waals surface area contributed by atoms with Gasteiger partial charge in [0.15, 0.2) is 6.10 Å². The molecule has 20 heavy (non-hydrogen) atoms. The van der Waals surface area contributed by atoms with E-state index in [2.05, 4.69) is 4.98 Å². The molecule has 6 nitrogen and oxygen atoms in total. The fourth-order valence-electron chi connectivity index (χ4n) is 1.98. The number of carbonyl (C=O) groups excluding carboxylic acids is 2. The zero-order valence-electron chi connectivity index (χ0n) is 11.4. The second-order valence-electron chi connectivity index (χ2n) is 4.74. The first kappa shape index (κ1) is 14.7. The van der Waals surface area contributed by atoms with Crippen LogP contribution in [-0.4, -0.2) is 66.5 Å². The Labute approximate surface area is 122 Å². The van der Waals surface area contributed by atoms with Gasteiger partial charge in [-0.05, 0) is 6.07 Å². The quantitative estimate of drug-likeness (QED) is 0.805. The van der Waals surface area contributed by atoms with Crippen molar-refractivity contribution in [2.45, 2.75) is 6.10 Å². The molecule has 0 saturated carbocycles. The summed E-state index contributed by atoms with van der Waals surface area (Å²) in [7, 11) is 3.32. The first-order valence-electron chi connectivity index (χ1n) is 6.21. The van der Waals surface area contributed by atoms with Crippen molar-refractivity contribution in [3.8, 4) is 0 Å². The predicted molar refractivity (Wildman–Crippen MR) is 73.6 cm³/mol. The van der Waals surface area contributed by atoms with Crippen molar-refractivity contribution < 1.29 is 14.3 Å². The third-order valence-corrected chi connectivity index (χ3v) is 3.23. The van der Waals surface area contributed by atoms with E-state index in [1.165, 1.54) is 17.3 Å². The molecule has 1 unspecified atom stereocenters. The van der Waals surface area contributed by atoms with Crippen molar-refractivity contribution in [2.24, 2.45) is 0 Å². The lowest BCUT2D eigenvalue weighted by Crippen LogP contribution is -2.51. The van der Waals surface area contributed by atoms with Crippen LogP contribution in [0.4, 0.5) is 0 Å². The maximum Gasteiger partial charge on any atom is 0.255 e. The maximum absolute atomic E-state index is 12.3. The van der Waals surface area contributed by atoms with E-state index in [9.17, 15) is 9.59 Å². The van der Waals surface area contributed by atoms with Gasteiger partial charge in [-0.25, -0.2) is 0 Å². The second kappa shape index (κ2) is 6.19. The Morgan fingerprint density at radius 3 is 2.85 bits per heavy atom. The summed E-state index contributed by atoms with van der Waals surface area (Å²) in [5.41, 5.74) is 0.412. The molecule has 1 aromatic heterocycles. The summed E-state index contributed by atoms with van der Waals surface area (Å²) >= 11 is 5.83. The summed E-state index contributed by atoms with van der Waals surface area (Å²) in [5.74, 6) is -0.341. The number of pyridine rings is 1. The van der Waals surface area contributed by atoms with Crippen molar-refractivity contribution in [3.05, 3.63) is 29.0 Å². The second-order valence-corrected chi connectivity index (χ2v) is 5.17. The highest BCUT2D eigenvalue weighted by molar-refractivity contribution is 6.30. The Kier molecular flexibility index (Phi) is 4.57. The molecular formula is C13H16ClN3O3. The van der Waals surface area contributed by atoms with E-state index in [-0.39, 0.29) is 18.4 Å². The van der Waals surface area contributed by atoms with Crippen LogP contribution in [0.2, 0.25) is 5.02 Å². The minimum atomic E-state index is -0.616. The number of amides is 2. The average Bonchev–Trinajstić information content (AvgIpc) is 2.45. The molecule has 2 amide bonds. The van der Waals surface area contributed by atoms with E-state index in [1.807, 2.05) is 0 Å².